The van der Waals surface area contributed by atoms with Crippen LogP contribution in [0.5, 0.6) is 0 Å². The molecule has 1 saturated carbocycles. The third kappa shape index (κ3) is 3.28. The molecular weight excluding hydrogens is 190 g/mol. The molecule has 1 aliphatic rings. The van der Waals surface area contributed by atoms with Crippen LogP contribution in [0.25, 0.3) is 0 Å². The van der Waals surface area contributed by atoms with Gasteiger partial charge in [-0.3, -0.25) is 9.69 Å². The van der Waals surface area contributed by atoms with E-state index in [1.165, 1.54) is 0 Å². The second-order valence-corrected chi connectivity index (χ2v) is 5.54. The summed E-state index contributed by atoms with van der Waals surface area (Å²) in [5.74, 6) is 0.358. The first-order valence-electron chi connectivity index (χ1n) is 5.73. The van der Waals surface area contributed by atoms with E-state index >= 15 is 0 Å². The van der Waals surface area contributed by atoms with Gasteiger partial charge < -0.3 is 5.11 Å². The maximum Gasteiger partial charge on any atom is 0.134 e. The fourth-order valence-corrected chi connectivity index (χ4v) is 2.52. The van der Waals surface area contributed by atoms with Gasteiger partial charge in [0.15, 0.2) is 0 Å². The Morgan fingerprint density at radius 1 is 1.60 bits per heavy atom. The van der Waals surface area contributed by atoms with E-state index < -0.39 is 0 Å². The number of aliphatic hydroxyl groups excluding tert-OH is 1. The molecule has 0 spiro atoms. The maximum atomic E-state index is 11.5. The molecule has 3 heteroatoms. The molecule has 1 N–H and O–H groups in total. The van der Waals surface area contributed by atoms with Crippen molar-refractivity contribution in [3.8, 4) is 0 Å². The van der Waals surface area contributed by atoms with Crippen LogP contribution in [0.4, 0.5) is 0 Å². The Balaban J connectivity index is 2.67. The number of carbonyl (C=O) groups excluding carboxylic acids is 1. The van der Waals surface area contributed by atoms with Gasteiger partial charge in [-0.2, -0.15) is 0 Å². The number of rotatable bonds is 3. The van der Waals surface area contributed by atoms with Crippen molar-refractivity contribution in [2.24, 2.45) is 5.41 Å². The molecule has 2 unspecified atom stereocenters. The molecule has 0 aromatic heterocycles. The summed E-state index contributed by atoms with van der Waals surface area (Å²) < 4.78 is 0. The van der Waals surface area contributed by atoms with Crippen molar-refractivity contribution >= 4 is 5.78 Å². The average molecular weight is 213 g/mol. The Kier molecular flexibility index (Phi) is 3.90. The van der Waals surface area contributed by atoms with Gasteiger partial charge in [0, 0.05) is 25.4 Å². The topological polar surface area (TPSA) is 40.5 Å². The van der Waals surface area contributed by atoms with Gasteiger partial charge in [-0.1, -0.05) is 13.8 Å². The van der Waals surface area contributed by atoms with Crippen LogP contribution in [0.3, 0.4) is 0 Å². The number of carbonyl (C=O) groups is 1. The largest absolute Gasteiger partial charge is 0.392 e. The van der Waals surface area contributed by atoms with E-state index in [2.05, 4.69) is 18.7 Å². The molecule has 2 atom stereocenters. The fraction of sp³-hybridized carbons (Fsp3) is 0.917. The second-order valence-electron chi connectivity index (χ2n) is 5.54. The van der Waals surface area contributed by atoms with Crippen LogP contribution in [0.15, 0.2) is 0 Å². The van der Waals surface area contributed by atoms with Crippen LogP contribution in [-0.4, -0.2) is 41.5 Å². The molecule has 1 aliphatic carbocycles. The Morgan fingerprint density at radius 2 is 2.20 bits per heavy atom. The lowest BCUT2D eigenvalue weighted by Crippen LogP contribution is -2.49. The molecule has 1 rings (SSSR count). The van der Waals surface area contributed by atoms with Gasteiger partial charge in [0.2, 0.25) is 0 Å². The summed E-state index contributed by atoms with van der Waals surface area (Å²) in [4.78, 5) is 13.6. The summed E-state index contributed by atoms with van der Waals surface area (Å²) in [5.41, 5.74) is 0.178. The number of ketones is 1. The average Bonchev–Trinajstić information content (AvgIpc) is 2.08. The van der Waals surface area contributed by atoms with Crippen LogP contribution in [0, 0.1) is 5.41 Å². The van der Waals surface area contributed by atoms with Crippen molar-refractivity contribution in [3.05, 3.63) is 0 Å². The molecule has 88 valence electrons. The van der Waals surface area contributed by atoms with E-state index in [-0.39, 0.29) is 17.6 Å². The molecule has 3 nitrogen and oxygen atoms in total. The molecule has 0 radical (unpaired) electrons. The summed E-state index contributed by atoms with van der Waals surface area (Å²) in [5, 5.41) is 9.36. The highest BCUT2D eigenvalue weighted by molar-refractivity contribution is 5.80. The van der Waals surface area contributed by atoms with E-state index in [1.807, 2.05) is 7.05 Å². The molecule has 0 aromatic rings. The van der Waals surface area contributed by atoms with Crippen molar-refractivity contribution in [1.29, 1.82) is 0 Å². The van der Waals surface area contributed by atoms with Gasteiger partial charge in [-0.25, -0.2) is 0 Å². The van der Waals surface area contributed by atoms with Crippen molar-refractivity contribution in [2.45, 2.75) is 52.2 Å². The van der Waals surface area contributed by atoms with Crippen LogP contribution in [0.1, 0.15) is 40.0 Å². The quantitative estimate of drug-likeness (QED) is 0.771. The number of hydrogen-bond donors (Lipinski definition) is 1. The highest BCUT2D eigenvalue weighted by Crippen LogP contribution is 2.36. The summed E-state index contributed by atoms with van der Waals surface area (Å²) >= 11 is 0. The van der Waals surface area contributed by atoms with Crippen molar-refractivity contribution in [1.82, 2.24) is 4.90 Å². The minimum absolute atomic E-state index is 0.178. The third-order valence-electron chi connectivity index (χ3n) is 3.46. The second kappa shape index (κ2) is 4.62. The predicted molar refractivity (Wildman–Crippen MR) is 60.7 cm³/mol. The van der Waals surface area contributed by atoms with Crippen LogP contribution in [-0.2, 0) is 4.79 Å². The highest BCUT2D eigenvalue weighted by atomic mass is 16.3. The number of Topliss-reactive ketones (excluding diaryl/α,β-unsaturated/α-hetero) is 1. The molecule has 1 fully saturated rings. The smallest absolute Gasteiger partial charge is 0.134 e. The van der Waals surface area contributed by atoms with E-state index in [9.17, 15) is 9.90 Å². The summed E-state index contributed by atoms with van der Waals surface area (Å²) in [6, 6.07) is 0.272. The van der Waals surface area contributed by atoms with E-state index in [4.69, 9.17) is 0 Å². The van der Waals surface area contributed by atoms with Gasteiger partial charge in [0.25, 0.3) is 0 Å². The molecule has 0 aromatic carbocycles. The Hall–Kier alpha value is -0.410. The lowest BCUT2D eigenvalue weighted by atomic mass is 9.72. The summed E-state index contributed by atoms with van der Waals surface area (Å²) in [6.45, 7) is 6.85. The maximum absolute atomic E-state index is 11.5. The Labute approximate surface area is 92.5 Å². The number of hydrogen-bond acceptors (Lipinski definition) is 3. The molecule has 15 heavy (non-hydrogen) atoms. The first kappa shape index (κ1) is 12.7. The van der Waals surface area contributed by atoms with Crippen LogP contribution in [0.2, 0.25) is 0 Å². The minimum atomic E-state index is -0.331. The monoisotopic (exact) mass is 213 g/mol. The Morgan fingerprint density at radius 3 is 2.73 bits per heavy atom. The van der Waals surface area contributed by atoms with Crippen molar-refractivity contribution < 1.29 is 9.90 Å². The Bertz CT molecular complexity index is 236. The van der Waals surface area contributed by atoms with Gasteiger partial charge in [-0.15, -0.1) is 0 Å². The fourth-order valence-electron chi connectivity index (χ4n) is 2.52. The molecular formula is C12H23NO2. The lowest BCUT2D eigenvalue weighted by molar-refractivity contribution is -0.125. The summed E-state index contributed by atoms with van der Waals surface area (Å²) in [6.07, 6.45) is 1.98. The molecule has 0 heterocycles. The molecule has 0 amide bonds. The van der Waals surface area contributed by atoms with E-state index in [1.54, 1.807) is 6.92 Å². The van der Waals surface area contributed by atoms with Gasteiger partial charge >= 0.3 is 0 Å². The van der Waals surface area contributed by atoms with E-state index in [0.717, 1.165) is 6.42 Å². The molecule has 0 aliphatic heterocycles. The zero-order chi connectivity index (χ0) is 11.6. The lowest BCUT2D eigenvalue weighted by Gasteiger charge is -2.43. The van der Waals surface area contributed by atoms with Gasteiger partial charge in [0.1, 0.15) is 5.78 Å². The van der Waals surface area contributed by atoms with Gasteiger partial charge in [0.05, 0.1) is 6.10 Å². The highest BCUT2D eigenvalue weighted by Gasteiger charge is 2.38. The molecule has 0 saturated heterocycles. The zero-order valence-corrected chi connectivity index (χ0v) is 10.3. The number of aliphatic hydroxyl groups is 1. The van der Waals surface area contributed by atoms with Crippen molar-refractivity contribution in [2.75, 3.05) is 13.6 Å². The first-order valence-corrected chi connectivity index (χ1v) is 5.73. The normalized spacial score (nSPS) is 28.1. The van der Waals surface area contributed by atoms with Crippen molar-refractivity contribution in [3.63, 3.8) is 0 Å². The standard InChI is InChI=1S/C12H23NO2/c1-9(14)8-13(4)11-7-10(15)5-6-12(11,2)3/h9,11,14H,5-8H2,1-4H3. The van der Waals surface area contributed by atoms with E-state index in [0.29, 0.717) is 25.2 Å². The SMILES string of the molecule is CC(O)CN(C)C1CC(=O)CCC1(C)C. The number of nitrogens with zero attached hydrogens (tertiary/aromatic N) is 1. The number of likely N-dealkylation sites (N-methyl/N-ethyl adjacent to an activating group) is 1. The summed E-state index contributed by atoms with van der Waals surface area (Å²) in [7, 11) is 2.00. The zero-order valence-electron chi connectivity index (χ0n) is 10.3. The van der Waals surface area contributed by atoms with Gasteiger partial charge in [-0.05, 0) is 25.8 Å². The first-order chi connectivity index (χ1) is 6.83. The van der Waals surface area contributed by atoms with Crippen LogP contribution >= 0.6 is 0 Å². The molecule has 0 bridgehead atoms. The third-order valence-corrected chi connectivity index (χ3v) is 3.46. The minimum Gasteiger partial charge on any atom is -0.392 e. The van der Waals surface area contributed by atoms with Crippen LogP contribution < -0.4 is 0 Å². The predicted octanol–water partition coefficient (Wildman–Crippen LogP) is 1.45.